The molecule has 0 radical (unpaired) electrons. The maximum atomic E-state index is 13.8. The highest BCUT2D eigenvalue weighted by molar-refractivity contribution is 7.92. The maximum absolute atomic E-state index is 13.8. The highest BCUT2D eigenvalue weighted by Gasteiger charge is 2.28. The minimum Gasteiger partial charge on any atom is -0.497 e. The molecular weight excluding hydrogens is 438 g/mol. The third kappa shape index (κ3) is 5.01. The van der Waals surface area contributed by atoms with Crippen molar-refractivity contribution in [2.75, 3.05) is 31.2 Å². The van der Waals surface area contributed by atoms with Crippen molar-refractivity contribution in [3.8, 4) is 5.75 Å². The Morgan fingerprint density at radius 2 is 1.94 bits per heavy atom. The Morgan fingerprint density at radius 1 is 1.18 bits per heavy atom. The minimum absolute atomic E-state index is 0.159. The summed E-state index contributed by atoms with van der Waals surface area (Å²) in [5, 5.41) is 5.38. The van der Waals surface area contributed by atoms with Crippen LogP contribution in [0.15, 0.2) is 47.5 Å². The molecule has 0 unspecified atom stereocenters. The number of rotatable bonds is 8. The van der Waals surface area contributed by atoms with Gasteiger partial charge in [0.15, 0.2) is 0 Å². The molecule has 0 atom stereocenters. The van der Waals surface area contributed by atoms with Crippen molar-refractivity contribution in [3.63, 3.8) is 0 Å². The second kappa shape index (κ2) is 9.73. The molecule has 0 bridgehead atoms. The predicted octanol–water partition coefficient (Wildman–Crippen LogP) is 4.63. The topological polar surface area (TPSA) is 73.7 Å². The van der Waals surface area contributed by atoms with E-state index in [0.29, 0.717) is 23.9 Å². The van der Waals surface area contributed by atoms with Crippen molar-refractivity contribution in [2.45, 2.75) is 45.1 Å². The van der Waals surface area contributed by atoms with Crippen molar-refractivity contribution in [2.24, 2.45) is 11.8 Å². The van der Waals surface area contributed by atoms with Gasteiger partial charge < -0.3 is 9.47 Å². The fraction of sp³-hybridized carbons (Fsp3) is 0.480. The molecule has 1 aliphatic rings. The van der Waals surface area contributed by atoms with Crippen molar-refractivity contribution >= 4 is 26.6 Å². The molecule has 8 heteroatoms. The lowest BCUT2D eigenvalue weighted by molar-refractivity contribution is 0.0605. The average Bonchev–Trinajstić information content (AvgIpc) is 3.20. The number of anilines is 1. The molecule has 0 aliphatic carbocycles. The van der Waals surface area contributed by atoms with E-state index in [0.717, 1.165) is 49.1 Å². The summed E-state index contributed by atoms with van der Waals surface area (Å²) < 4.78 is 41.9. The Bertz CT molecular complexity index is 1210. The molecule has 3 aromatic rings. The van der Waals surface area contributed by atoms with Gasteiger partial charge in [0.1, 0.15) is 5.75 Å². The smallest absolute Gasteiger partial charge is 0.264 e. The molecule has 33 heavy (non-hydrogen) atoms. The van der Waals surface area contributed by atoms with Crippen LogP contribution in [0.4, 0.5) is 5.69 Å². The van der Waals surface area contributed by atoms with E-state index in [-0.39, 0.29) is 10.8 Å². The number of fused-ring (bicyclic) bond motifs is 1. The first kappa shape index (κ1) is 23.6. The Balaban J connectivity index is 1.68. The first-order valence-corrected chi connectivity index (χ1v) is 12.9. The molecule has 1 saturated heterocycles. The average molecular weight is 472 g/mol. The van der Waals surface area contributed by atoms with Gasteiger partial charge >= 0.3 is 0 Å². The molecule has 0 spiro atoms. The van der Waals surface area contributed by atoms with Crippen LogP contribution in [0.3, 0.4) is 0 Å². The summed E-state index contributed by atoms with van der Waals surface area (Å²) in [7, 11) is -2.16. The molecule has 0 N–H and O–H groups in total. The van der Waals surface area contributed by atoms with Gasteiger partial charge in [0.05, 0.1) is 29.4 Å². The van der Waals surface area contributed by atoms with Crippen molar-refractivity contribution in [1.29, 1.82) is 0 Å². The lowest BCUT2D eigenvalue weighted by Crippen LogP contribution is -2.34. The van der Waals surface area contributed by atoms with E-state index in [9.17, 15) is 8.42 Å². The van der Waals surface area contributed by atoms with Gasteiger partial charge in [-0.3, -0.25) is 8.99 Å². The fourth-order valence-electron chi connectivity index (χ4n) is 4.36. The summed E-state index contributed by atoms with van der Waals surface area (Å²) >= 11 is 0. The molecule has 178 valence electrons. The van der Waals surface area contributed by atoms with Gasteiger partial charge in [0.25, 0.3) is 10.0 Å². The number of sulfonamides is 1. The third-order valence-electron chi connectivity index (χ3n) is 6.18. The van der Waals surface area contributed by atoms with Crippen molar-refractivity contribution in [3.05, 3.63) is 48.2 Å². The van der Waals surface area contributed by atoms with Gasteiger partial charge in [-0.25, -0.2) is 8.42 Å². The maximum Gasteiger partial charge on any atom is 0.264 e. The number of aryl methyl sites for hydroxylation is 1. The lowest BCUT2D eigenvalue weighted by atomic mass is 10.0. The van der Waals surface area contributed by atoms with E-state index in [1.807, 2.05) is 43.7 Å². The van der Waals surface area contributed by atoms with Crippen LogP contribution in [-0.2, 0) is 21.3 Å². The zero-order valence-electron chi connectivity index (χ0n) is 19.8. The van der Waals surface area contributed by atoms with Gasteiger partial charge in [-0.15, -0.1) is 0 Å². The van der Waals surface area contributed by atoms with Crippen LogP contribution >= 0.6 is 0 Å². The standard InChI is InChI=1S/C25H33N3O4S/c1-18(2)16-28(24-7-5-22(31-4)13-19(24)3)33(29,30)23-6-8-25-21(14-23)15-26-27(25)17-20-9-11-32-12-10-20/h5-8,13-15,18,20H,9-12,16-17H2,1-4H3. The molecule has 0 amide bonds. The predicted molar refractivity (Wildman–Crippen MR) is 130 cm³/mol. The lowest BCUT2D eigenvalue weighted by Gasteiger charge is -2.28. The number of aromatic nitrogens is 2. The zero-order chi connectivity index (χ0) is 23.6. The SMILES string of the molecule is COc1ccc(N(CC(C)C)S(=O)(=O)c2ccc3c(cnn3CC3CCOCC3)c2)c(C)c1. The molecule has 0 saturated carbocycles. The number of methoxy groups -OCH3 is 1. The normalized spacial score (nSPS) is 15.3. The second-order valence-electron chi connectivity index (χ2n) is 9.19. The highest BCUT2D eigenvalue weighted by atomic mass is 32.2. The third-order valence-corrected chi connectivity index (χ3v) is 7.95. The molecular formula is C25H33N3O4S. The van der Waals surface area contributed by atoms with Crippen LogP contribution in [0.5, 0.6) is 5.75 Å². The van der Waals surface area contributed by atoms with Gasteiger partial charge in [-0.2, -0.15) is 5.10 Å². The number of ether oxygens (including phenoxy) is 2. The molecule has 2 aromatic carbocycles. The Hall–Kier alpha value is -2.58. The van der Waals surface area contributed by atoms with E-state index in [1.54, 1.807) is 31.5 Å². The molecule has 1 aromatic heterocycles. The van der Waals surface area contributed by atoms with Crippen LogP contribution < -0.4 is 9.04 Å². The summed E-state index contributed by atoms with van der Waals surface area (Å²) in [4.78, 5) is 0.275. The Labute approximate surface area is 196 Å². The van der Waals surface area contributed by atoms with E-state index in [4.69, 9.17) is 9.47 Å². The minimum atomic E-state index is -3.76. The molecule has 4 rings (SSSR count). The first-order valence-electron chi connectivity index (χ1n) is 11.5. The number of benzene rings is 2. The van der Waals surface area contributed by atoms with Gasteiger partial charge in [0, 0.05) is 31.7 Å². The summed E-state index contributed by atoms with van der Waals surface area (Å²) in [6.45, 7) is 8.74. The fourth-order valence-corrected chi connectivity index (χ4v) is 6.09. The summed E-state index contributed by atoms with van der Waals surface area (Å²) in [5.41, 5.74) is 2.47. The van der Waals surface area contributed by atoms with Gasteiger partial charge in [-0.1, -0.05) is 13.8 Å². The summed E-state index contributed by atoms with van der Waals surface area (Å²) in [5.74, 6) is 1.40. The molecule has 2 heterocycles. The van der Waals surface area contributed by atoms with Crippen LogP contribution in [-0.4, -0.2) is 45.1 Å². The number of hydrogen-bond donors (Lipinski definition) is 0. The van der Waals surface area contributed by atoms with Gasteiger partial charge in [-0.05, 0) is 73.6 Å². The van der Waals surface area contributed by atoms with E-state index in [1.165, 1.54) is 4.31 Å². The van der Waals surface area contributed by atoms with Crippen LogP contribution in [0.25, 0.3) is 10.9 Å². The quantitative estimate of drug-likeness (QED) is 0.479. The van der Waals surface area contributed by atoms with Crippen LogP contribution in [0, 0.1) is 18.8 Å². The monoisotopic (exact) mass is 471 g/mol. The largest absolute Gasteiger partial charge is 0.497 e. The van der Waals surface area contributed by atoms with E-state index < -0.39 is 10.0 Å². The van der Waals surface area contributed by atoms with Crippen molar-refractivity contribution < 1.29 is 17.9 Å². The molecule has 7 nitrogen and oxygen atoms in total. The van der Waals surface area contributed by atoms with Crippen LogP contribution in [0.2, 0.25) is 0 Å². The van der Waals surface area contributed by atoms with Gasteiger partial charge in [0.2, 0.25) is 0 Å². The zero-order valence-corrected chi connectivity index (χ0v) is 20.6. The number of hydrogen-bond acceptors (Lipinski definition) is 5. The molecule has 1 aliphatic heterocycles. The first-order chi connectivity index (χ1) is 15.8. The Kier molecular flexibility index (Phi) is 6.95. The number of nitrogens with zero attached hydrogens (tertiary/aromatic N) is 3. The van der Waals surface area contributed by atoms with E-state index >= 15 is 0 Å². The highest BCUT2D eigenvalue weighted by Crippen LogP contribution is 2.31. The van der Waals surface area contributed by atoms with Crippen LogP contribution in [0.1, 0.15) is 32.3 Å². The Morgan fingerprint density at radius 3 is 2.61 bits per heavy atom. The molecule has 1 fully saturated rings. The van der Waals surface area contributed by atoms with Crippen molar-refractivity contribution in [1.82, 2.24) is 9.78 Å². The summed E-state index contributed by atoms with van der Waals surface area (Å²) in [6, 6.07) is 10.8. The second-order valence-corrected chi connectivity index (χ2v) is 11.0. The summed E-state index contributed by atoms with van der Waals surface area (Å²) in [6.07, 6.45) is 3.82. The van der Waals surface area contributed by atoms with E-state index in [2.05, 4.69) is 5.10 Å².